The maximum Gasteiger partial charge on any atom is 0.176 e. The van der Waals surface area contributed by atoms with Crippen LogP contribution in [0.1, 0.15) is 18.9 Å². The van der Waals surface area contributed by atoms with Crippen LogP contribution < -0.4 is 0 Å². The molecule has 0 radical (unpaired) electrons. The molecule has 4 heteroatoms. The van der Waals surface area contributed by atoms with Crippen LogP contribution in [-0.2, 0) is 4.74 Å². The largest absolute Gasteiger partial charge is 0.461 e. The van der Waals surface area contributed by atoms with Gasteiger partial charge in [0.1, 0.15) is 0 Å². The summed E-state index contributed by atoms with van der Waals surface area (Å²) in [7, 11) is 0. The van der Waals surface area contributed by atoms with Crippen LogP contribution in [0, 0.1) is 5.92 Å². The summed E-state index contributed by atoms with van der Waals surface area (Å²) in [4.78, 5) is 4.40. The molecule has 3 atom stereocenters. The minimum atomic E-state index is 0.479. The Labute approximate surface area is 99.2 Å². The van der Waals surface area contributed by atoms with Crippen LogP contribution in [-0.4, -0.2) is 22.3 Å². The molecule has 0 spiro atoms. The zero-order valence-electron chi connectivity index (χ0n) is 9.45. The van der Waals surface area contributed by atoms with Crippen molar-refractivity contribution in [3.8, 4) is 11.6 Å². The van der Waals surface area contributed by atoms with Crippen LogP contribution in [0.25, 0.3) is 11.6 Å². The fourth-order valence-electron chi connectivity index (χ4n) is 3.06. The zero-order valence-corrected chi connectivity index (χ0v) is 9.45. The molecule has 1 aliphatic carbocycles. The zero-order chi connectivity index (χ0) is 11.2. The molecule has 1 aliphatic heterocycles. The average Bonchev–Trinajstić information content (AvgIpc) is 3.00. The van der Waals surface area contributed by atoms with Crippen molar-refractivity contribution in [3.63, 3.8) is 0 Å². The first-order valence-electron chi connectivity index (χ1n) is 6.12. The third kappa shape index (κ3) is 1.30. The van der Waals surface area contributed by atoms with Gasteiger partial charge in [-0.05, 0) is 25.0 Å². The van der Waals surface area contributed by atoms with Gasteiger partial charge >= 0.3 is 0 Å². The van der Waals surface area contributed by atoms with Crippen molar-refractivity contribution in [1.29, 1.82) is 0 Å². The summed E-state index contributed by atoms with van der Waals surface area (Å²) in [5, 5.41) is 0. The molecule has 3 heterocycles. The van der Waals surface area contributed by atoms with E-state index in [4.69, 9.17) is 9.15 Å². The maximum atomic E-state index is 5.65. The van der Waals surface area contributed by atoms with Gasteiger partial charge < -0.3 is 13.7 Å². The highest BCUT2D eigenvalue weighted by atomic mass is 16.5. The molecule has 2 fully saturated rings. The molecule has 0 bridgehead atoms. The fourth-order valence-corrected chi connectivity index (χ4v) is 3.06. The Hall–Kier alpha value is -1.55. The fraction of sp³-hybridized carbons (Fsp3) is 0.462. The lowest BCUT2D eigenvalue weighted by molar-refractivity contribution is -0.00529. The van der Waals surface area contributed by atoms with Gasteiger partial charge in [0.2, 0.25) is 0 Å². The van der Waals surface area contributed by atoms with E-state index in [9.17, 15) is 0 Å². The Morgan fingerprint density at radius 2 is 2.41 bits per heavy atom. The van der Waals surface area contributed by atoms with Gasteiger partial charge in [-0.3, -0.25) is 0 Å². The number of furan rings is 1. The molecule has 2 aliphatic rings. The number of hydrogen-bond acceptors (Lipinski definition) is 3. The number of hydrogen-bond donors (Lipinski definition) is 0. The molecule has 2 aromatic heterocycles. The van der Waals surface area contributed by atoms with Crippen molar-refractivity contribution in [1.82, 2.24) is 9.55 Å². The van der Waals surface area contributed by atoms with Gasteiger partial charge in [-0.2, -0.15) is 0 Å². The highest BCUT2D eigenvalue weighted by molar-refractivity contribution is 5.47. The van der Waals surface area contributed by atoms with Crippen molar-refractivity contribution in [2.45, 2.75) is 25.0 Å². The van der Waals surface area contributed by atoms with Gasteiger partial charge in [-0.25, -0.2) is 4.98 Å². The lowest BCUT2D eigenvalue weighted by atomic mass is 9.76. The van der Waals surface area contributed by atoms with E-state index >= 15 is 0 Å². The topological polar surface area (TPSA) is 40.2 Å². The highest BCUT2D eigenvalue weighted by Crippen LogP contribution is 2.47. The van der Waals surface area contributed by atoms with E-state index in [0.717, 1.165) is 24.6 Å². The summed E-state index contributed by atoms with van der Waals surface area (Å²) in [6.45, 7) is 0.913. The van der Waals surface area contributed by atoms with Crippen molar-refractivity contribution in [3.05, 3.63) is 30.8 Å². The lowest BCUT2D eigenvalue weighted by Gasteiger charge is -2.40. The molecular weight excluding hydrogens is 216 g/mol. The predicted molar refractivity (Wildman–Crippen MR) is 61.4 cm³/mol. The molecule has 0 amide bonds. The molecule has 0 aromatic carbocycles. The van der Waals surface area contributed by atoms with Crippen LogP contribution in [0.4, 0.5) is 0 Å². The molecule has 88 valence electrons. The first kappa shape index (κ1) is 9.48. The van der Waals surface area contributed by atoms with Crippen LogP contribution in [0.3, 0.4) is 0 Å². The van der Waals surface area contributed by atoms with Gasteiger partial charge in [0.15, 0.2) is 11.6 Å². The standard InChI is InChI=1S/C13H14N2O2/c1-2-11(16-6-1)13-14-4-5-15(13)10-8-12-9(10)3-7-17-12/h1-2,4-6,9-10,12H,3,7-8H2/t9-,10+,12+/m0/s1. The molecular formula is C13H14N2O2. The maximum absolute atomic E-state index is 5.65. The monoisotopic (exact) mass is 230 g/mol. The lowest BCUT2D eigenvalue weighted by Crippen LogP contribution is -2.39. The first-order valence-corrected chi connectivity index (χ1v) is 6.12. The average molecular weight is 230 g/mol. The number of rotatable bonds is 2. The van der Waals surface area contributed by atoms with E-state index in [2.05, 4.69) is 15.7 Å². The molecule has 0 N–H and O–H groups in total. The summed E-state index contributed by atoms with van der Waals surface area (Å²) < 4.78 is 13.3. The minimum Gasteiger partial charge on any atom is -0.461 e. The summed E-state index contributed by atoms with van der Waals surface area (Å²) in [5.41, 5.74) is 0. The van der Waals surface area contributed by atoms with Gasteiger partial charge in [-0.1, -0.05) is 0 Å². The van der Waals surface area contributed by atoms with E-state index in [1.807, 2.05) is 18.3 Å². The molecule has 17 heavy (non-hydrogen) atoms. The van der Waals surface area contributed by atoms with Crippen molar-refractivity contribution in [2.24, 2.45) is 5.92 Å². The normalized spacial score (nSPS) is 31.2. The molecule has 4 rings (SSSR count). The number of ether oxygens (including phenoxy) is 1. The first-order chi connectivity index (χ1) is 8.43. The SMILES string of the molecule is c1coc(-c2nccn2[C@@H]2C[C@H]3OCC[C@@H]23)c1. The van der Waals surface area contributed by atoms with Gasteiger partial charge in [0.05, 0.1) is 12.4 Å². The van der Waals surface area contributed by atoms with E-state index in [1.165, 1.54) is 6.42 Å². The minimum absolute atomic E-state index is 0.479. The number of imidazole rings is 1. The highest BCUT2D eigenvalue weighted by Gasteiger charge is 2.46. The number of aromatic nitrogens is 2. The molecule has 0 unspecified atom stereocenters. The molecule has 4 nitrogen and oxygen atoms in total. The Morgan fingerprint density at radius 3 is 3.24 bits per heavy atom. The van der Waals surface area contributed by atoms with Crippen molar-refractivity contribution < 1.29 is 9.15 Å². The Balaban J connectivity index is 1.69. The Kier molecular flexibility index (Phi) is 1.93. The third-order valence-electron chi connectivity index (χ3n) is 4.00. The van der Waals surface area contributed by atoms with Crippen LogP contribution in [0.15, 0.2) is 35.2 Å². The van der Waals surface area contributed by atoms with Gasteiger partial charge in [0.25, 0.3) is 0 Å². The molecule has 2 aromatic rings. The Morgan fingerprint density at radius 1 is 1.41 bits per heavy atom. The third-order valence-corrected chi connectivity index (χ3v) is 4.00. The van der Waals surface area contributed by atoms with Crippen LogP contribution in [0.5, 0.6) is 0 Å². The second kappa shape index (κ2) is 3.47. The van der Waals surface area contributed by atoms with E-state index in [0.29, 0.717) is 18.1 Å². The predicted octanol–water partition coefficient (Wildman–Crippen LogP) is 2.49. The van der Waals surface area contributed by atoms with E-state index in [1.54, 1.807) is 6.26 Å². The van der Waals surface area contributed by atoms with Gasteiger partial charge in [0, 0.05) is 31.0 Å². The molecule has 1 saturated heterocycles. The van der Waals surface area contributed by atoms with E-state index < -0.39 is 0 Å². The van der Waals surface area contributed by atoms with Crippen molar-refractivity contribution >= 4 is 0 Å². The number of fused-ring (bicyclic) bond motifs is 1. The van der Waals surface area contributed by atoms with E-state index in [-0.39, 0.29) is 0 Å². The molecule has 1 saturated carbocycles. The summed E-state index contributed by atoms with van der Waals surface area (Å²) in [6, 6.07) is 4.39. The summed E-state index contributed by atoms with van der Waals surface area (Å²) >= 11 is 0. The smallest absolute Gasteiger partial charge is 0.176 e. The van der Waals surface area contributed by atoms with Gasteiger partial charge in [-0.15, -0.1) is 0 Å². The van der Waals surface area contributed by atoms with Crippen LogP contribution in [0.2, 0.25) is 0 Å². The summed E-state index contributed by atoms with van der Waals surface area (Å²) in [5.74, 6) is 2.45. The number of nitrogens with zero attached hydrogens (tertiary/aromatic N) is 2. The van der Waals surface area contributed by atoms with Crippen LogP contribution >= 0.6 is 0 Å². The summed E-state index contributed by atoms with van der Waals surface area (Å²) in [6.07, 6.45) is 8.35. The quantitative estimate of drug-likeness (QED) is 0.795. The van der Waals surface area contributed by atoms with Crippen molar-refractivity contribution in [2.75, 3.05) is 6.61 Å². The second-order valence-electron chi connectivity index (χ2n) is 4.80. The Bertz CT molecular complexity index is 517. The second-order valence-corrected chi connectivity index (χ2v) is 4.80.